The zero-order chi connectivity index (χ0) is 46.1. The van der Waals surface area contributed by atoms with Crippen molar-refractivity contribution in [2.45, 2.75) is 69.8 Å². The summed E-state index contributed by atoms with van der Waals surface area (Å²) < 4.78 is 63.6. The molecule has 3 aromatic carbocycles. The number of carbonyl (C=O) groups excluding carboxylic acids is 3. The molecule has 2 N–H and O–H groups in total. The second-order valence-corrected chi connectivity index (χ2v) is 15.4. The van der Waals surface area contributed by atoms with Crippen LogP contribution >= 0.6 is 0 Å². The molecule has 0 saturated heterocycles. The van der Waals surface area contributed by atoms with Gasteiger partial charge in [-0.15, -0.1) is 32.8 Å². The van der Waals surface area contributed by atoms with E-state index in [2.05, 4.69) is 42.7 Å². The van der Waals surface area contributed by atoms with E-state index >= 15 is 0 Å². The number of aromatic amines is 1. The lowest BCUT2D eigenvalue weighted by Gasteiger charge is -2.23. The third kappa shape index (κ3) is 14.0. The van der Waals surface area contributed by atoms with Gasteiger partial charge in [-0.2, -0.15) is 13.2 Å². The molecule has 5 aromatic rings. The minimum Gasteiger partial charge on any atom is -0.494 e. The maximum Gasteiger partial charge on any atom is 0.442 e. The number of halogens is 3. The lowest BCUT2D eigenvalue weighted by molar-refractivity contribution is -0.166. The second-order valence-electron chi connectivity index (χ2n) is 15.4. The van der Waals surface area contributed by atoms with Gasteiger partial charge in [0.05, 0.1) is 33.0 Å². The van der Waals surface area contributed by atoms with E-state index in [4.69, 9.17) is 25.1 Å². The highest BCUT2D eigenvalue weighted by Gasteiger charge is 2.65. The summed E-state index contributed by atoms with van der Waals surface area (Å²) >= 11 is 0. The van der Waals surface area contributed by atoms with Crippen LogP contribution < -0.4 is 10.1 Å². The average molecular weight is 899 g/mol. The first kappa shape index (κ1) is 47.9. The number of unbranched alkanes of at least 4 members (excludes halogenated alkanes) is 1. The summed E-state index contributed by atoms with van der Waals surface area (Å²) in [5.74, 6) is 3.51. The monoisotopic (exact) mass is 898 g/mol. The first-order chi connectivity index (χ1) is 31.5. The lowest BCUT2D eigenvalue weighted by atomic mass is 10.0. The van der Waals surface area contributed by atoms with Gasteiger partial charge < -0.3 is 38.7 Å². The molecule has 65 heavy (non-hydrogen) atoms. The van der Waals surface area contributed by atoms with Crippen molar-refractivity contribution in [3.8, 4) is 18.1 Å². The van der Waals surface area contributed by atoms with Crippen LogP contribution in [0.25, 0.3) is 10.9 Å². The van der Waals surface area contributed by atoms with E-state index in [1.807, 2.05) is 48.7 Å². The summed E-state index contributed by atoms with van der Waals surface area (Å²) in [4.78, 5) is 44.8. The summed E-state index contributed by atoms with van der Waals surface area (Å²) in [5.41, 5.74) is 0.619. The Morgan fingerprint density at radius 1 is 0.846 bits per heavy atom. The van der Waals surface area contributed by atoms with Crippen molar-refractivity contribution in [2.24, 2.45) is 10.2 Å². The van der Waals surface area contributed by atoms with E-state index in [0.717, 1.165) is 17.5 Å². The van der Waals surface area contributed by atoms with Crippen LogP contribution in [0.1, 0.15) is 70.9 Å². The summed E-state index contributed by atoms with van der Waals surface area (Å²) in [5, 5.41) is 18.7. The highest BCUT2D eigenvalue weighted by molar-refractivity contribution is 5.94. The molecule has 6 rings (SSSR count). The second kappa shape index (κ2) is 23.4. The molecule has 0 saturated carbocycles. The van der Waals surface area contributed by atoms with Crippen molar-refractivity contribution < 1.29 is 46.2 Å². The Bertz CT molecular complexity index is 2390. The van der Waals surface area contributed by atoms with E-state index in [1.165, 1.54) is 35.2 Å². The van der Waals surface area contributed by atoms with Crippen molar-refractivity contribution in [3.63, 3.8) is 0 Å². The number of aryl methyl sites for hydroxylation is 3. The predicted molar refractivity (Wildman–Crippen MR) is 234 cm³/mol. The number of ether oxygens (including phenoxy) is 3. The van der Waals surface area contributed by atoms with Crippen LogP contribution in [0.3, 0.4) is 0 Å². The van der Waals surface area contributed by atoms with Gasteiger partial charge in [0.25, 0.3) is 5.91 Å². The Kier molecular flexibility index (Phi) is 17.2. The summed E-state index contributed by atoms with van der Waals surface area (Å²) in [6.45, 7) is 2.50. The zero-order valence-corrected chi connectivity index (χ0v) is 36.3. The number of hydrogen-bond donors (Lipinski definition) is 2. The van der Waals surface area contributed by atoms with Crippen molar-refractivity contribution in [2.75, 3.05) is 59.7 Å². The number of carbonyl (C=O) groups is 3. The molecular formula is C47H53F3N8O7. The Morgan fingerprint density at radius 3 is 2.29 bits per heavy atom. The molecule has 15 nitrogen and oxygen atoms in total. The van der Waals surface area contributed by atoms with Gasteiger partial charge in [-0.3, -0.25) is 14.4 Å². The van der Waals surface area contributed by atoms with E-state index in [1.54, 1.807) is 16.8 Å². The molecule has 0 aliphatic carbocycles. The fourth-order valence-electron chi connectivity index (χ4n) is 6.96. The first-order valence-electron chi connectivity index (χ1n) is 21.5. The highest BCUT2D eigenvalue weighted by atomic mass is 19.4. The molecule has 1 aliphatic rings. The molecule has 0 spiro atoms. The molecule has 344 valence electrons. The number of terminal acetylenes is 1. The van der Waals surface area contributed by atoms with Crippen molar-refractivity contribution >= 4 is 28.6 Å². The Morgan fingerprint density at radius 2 is 1.57 bits per heavy atom. The minimum atomic E-state index is -4.68. The standard InChI is InChI=1S/C47H53F3N8O7/c1-3-4-5-11-41(59)51-24-28-62-30-31-63-29-26-58(45(61)35-14-17-37(18-15-35)46(55-56-46)47(48,49)50)25-8-27-64-38-19-12-34(13-20-38)33-57(2)44(60)23-22-43-54-53-42(65-43)21-16-36-32-52-40-10-7-6-9-39(36)40/h1,6-7,9-10,12-15,17-20,32,52H,4-5,8,11,16,21-31,33H2,2H3,(H,51,59). The highest BCUT2D eigenvalue weighted by Crippen LogP contribution is 2.52. The van der Waals surface area contributed by atoms with Gasteiger partial charge in [-0.1, -0.05) is 42.5 Å². The number of nitrogens with zero attached hydrogens (tertiary/aromatic N) is 6. The largest absolute Gasteiger partial charge is 0.494 e. The quantitative estimate of drug-likeness (QED) is 0.0416. The number of alkyl halides is 3. The first-order valence-corrected chi connectivity index (χ1v) is 21.5. The van der Waals surface area contributed by atoms with E-state index in [0.29, 0.717) is 75.8 Å². The van der Waals surface area contributed by atoms with Crippen LogP contribution in [0.2, 0.25) is 0 Å². The number of aromatic nitrogens is 3. The molecule has 18 heteroatoms. The molecule has 3 heterocycles. The molecule has 0 bridgehead atoms. The van der Waals surface area contributed by atoms with Gasteiger partial charge in [0.2, 0.25) is 23.6 Å². The van der Waals surface area contributed by atoms with Crippen molar-refractivity contribution in [1.82, 2.24) is 30.3 Å². The van der Waals surface area contributed by atoms with E-state index in [9.17, 15) is 27.6 Å². The topological polar surface area (TPSA) is 177 Å². The summed E-state index contributed by atoms with van der Waals surface area (Å²) in [6.07, 6.45) is 6.40. The number of nitrogens with one attached hydrogen (secondary N) is 2. The maximum atomic E-state index is 13.6. The number of amides is 3. The van der Waals surface area contributed by atoms with E-state index in [-0.39, 0.29) is 74.8 Å². The van der Waals surface area contributed by atoms with Crippen LogP contribution in [0.4, 0.5) is 13.2 Å². The maximum absolute atomic E-state index is 13.6. The Balaban J connectivity index is 0.908. The number of hydrogen-bond acceptors (Lipinski definition) is 11. The SMILES string of the molecule is C#CCCCC(=O)NCCOCCOCCN(CCCOc1ccc(CN(C)C(=O)CCc2nnc(CCc3c[nH]c4ccccc34)o2)cc1)C(=O)c1ccc(C2(C(F)(F)F)N=N2)cc1. The number of H-pyrrole nitrogens is 1. The molecule has 0 radical (unpaired) electrons. The molecular weight excluding hydrogens is 846 g/mol. The lowest BCUT2D eigenvalue weighted by Crippen LogP contribution is -2.36. The van der Waals surface area contributed by atoms with E-state index < -0.39 is 11.8 Å². The molecule has 0 unspecified atom stereocenters. The van der Waals surface area contributed by atoms with Crippen LogP contribution in [-0.4, -0.2) is 109 Å². The normalized spacial score (nSPS) is 12.8. The summed E-state index contributed by atoms with van der Waals surface area (Å²) in [7, 11) is 1.74. The average Bonchev–Trinajstić information content (AvgIpc) is 3.86. The van der Waals surface area contributed by atoms with Gasteiger partial charge in [0.15, 0.2) is 0 Å². The summed E-state index contributed by atoms with van der Waals surface area (Å²) in [6, 6.07) is 20.6. The number of rotatable bonds is 27. The van der Waals surface area contributed by atoms with Gasteiger partial charge in [-0.25, -0.2) is 0 Å². The molecule has 0 fully saturated rings. The fraction of sp³-hybridized carbons (Fsp3) is 0.426. The van der Waals surface area contributed by atoms with Gasteiger partial charge in [-0.05, 0) is 60.7 Å². The number of para-hydroxylation sites is 1. The van der Waals surface area contributed by atoms with Gasteiger partial charge in [0.1, 0.15) is 5.75 Å². The predicted octanol–water partition coefficient (Wildman–Crippen LogP) is 6.97. The minimum absolute atomic E-state index is 0.0673. The van der Waals surface area contributed by atoms with Crippen molar-refractivity contribution in [3.05, 3.63) is 113 Å². The van der Waals surface area contributed by atoms with Crippen LogP contribution in [0, 0.1) is 12.3 Å². The van der Waals surface area contributed by atoms with Gasteiger partial charge >= 0.3 is 11.8 Å². The van der Waals surface area contributed by atoms with Crippen LogP contribution in [-0.2, 0) is 50.5 Å². The zero-order valence-electron chi connectivity index (χ0n) is 36.3. The van der Waals surface area contributed by atoms with Crippen LogP contribution in [0.15, 0.2) is 93.6 Å². The Labute approximate surface area is 375 Å². The fourth-order valence-corrected chi connectivity index (χ4v) is 6.96. The van der Waals surface area contributed by atoms with Crippen molar-refractivity contribution in [1.29, 1.82) is 0 Å². The number of benzene rings is 3. The molecule has 1 aliphatic heterocycles. The Hall–Kier alpha value is -6.58. The van der Waals surface area contributed by atoms with Gasteiger partial charge in [0, 0.05) is 93.6 Å². The molecule has 0 atom stereocenters. The molecule has 2 aromatic heterocycles. The molecule has 3 amide bonds. The third-order valence-electron chi connectivity index (χ3n) is 10.6. The van der Waals surface area contributed by atoms with Crippen LogP contribution in [0.5, 0.6) is 5.75 Å². The third-order valence-corrected chi connectivity index (χ3v) is 10.6. The number of fused-ring (bicyclic) bond motifs is 1. The smallest absolute Gasteiger partial charge is 0.442 e.